The molecule has 2 aliphatic rings. The van der Waals surface area contributed by atoms with Gasteiger partial charge in [0.1, 0.15) is 5.52 Å². The largest absolute Gasteiger partial charge is 0.490 e. The van der Waals surface area contributed by atoms with E-state index in [1.54, 1.807) is 18.2 Å². The van der Waals surface area contributed by atoms with Crippen molar-refractivity contribution in [3.8, 4) is 5.95 Å². The summed E-state index contributed by atoms with van der Waals surface area (Å²) in [5.41, 5.74) is 6.18. The third-order valence-corrected chi connectivity index (χ3v) is 6.00. The van der Waals surface area contributed by atoms with E-state index in [4.69, 9.17) is 25.1 Å². The molecule has 0 unspecified atom stereocenters. The number of rotatable bonds is 6. The Balaban J connectivity index is 0.000000517. The van der Waals surface area contributed by atoms with E-state index in [9.17, 15) is 26.7 Å². The molecule has 0 atom stereocenters. The predicted octanol–water partition coefficient (Wildman–Crippen LogP) is 1.35. The third kappa shape index (κ3) is 7.15. The molecule has 1 amide bonds. The average Bonchev–Trinajstić information content (AvgIpc) is 3.39. The number of carboxylic acid groups (broad SMARTS) is 1. The molecule has 0 bridgehead atoms. The molecule has 4 heterocycles. The standard InChI is InChI=1S/C21H25F2N9O3.C2HF3O2/c22-17(23)18-26-16-13(25-15(33)12-24)2-1-3-14(16)32(18)21-28-19(30-4-8-34-9-5-30)27-20(29-21)31-6-10-35-11-7-31;3-2(4,5)1(6)7/h1-3,17H,4-12,24H2,(H,25,33);(H,6,7). The molecule has 228 valence electrons. The van der Waals surface area contributed by atoms with Gasteiger partial charge in [0, 0.05) is 26.2 Å². The average molecular weight is 604 g/mol. The van der Waals surface area contributed by atoms with E-state index >= 15 is 0 Å². The number of carbonyl (C=O) groups excluding carboxylic acids is 1. The molecular formula is C23H26F5N9O5. The molecule has 0 aliphatic carbocycles. The number of alkyl halides is 5. The van der Waals surface area contributed by atoms with Gasteiger partial charge in [-0.25, -0.2) is 18.6 Å². The topological polar surface area (TPSA) is 174 Å². The van der Waals surface area contributed by atoms with Crippen LogP contribution in [-0.2, 0) is 19.1 Å². The Morgan fingerprint density at radius 2 is 1.43 bits per heavy atom. The number of hydrogen-bond donors (Lipinski definition) is 3. The van der Waals surface area contributed by atoms with Crippen LogP contribution in [0.15, 0.2) is 18.2 Å². The van der Waals surface area contributed by atoms with Gasteiger partial charge in [-0.1, -0.05) is 6.07 Å². The molecule has 19 heteroatoms. The van der Waals surface area contributed by atoms with Gasteiger partial charge in [-0.15, -0.1) is 0 Å². The number of nitrogens with two attached hydrogens (primary N) is 1. The van der Waals surface area contributed by atoms with Crippen molar-refractivity contribution in [1.29, 1.82) is 0 Å². The van der Waals surface area contributed by atoms with Crippen molar-refractivity contribution < 1.29 is 46.1 Å². The maximum atomic E-state index is 14.2. The smallest absolute Gasteiger partial charge is 0.475 e. The molecular weight excluding hydrogens is 577 g/mol. The number of aliphatic carboxylic acids is 1. The molecule has 3 aromatic rings. The Bertz CT molecular complexity index is 1370. The minimum atomic E-state index is -5.08. The molecule has 2 aliphatic heterocycles. The summed E-state index contributed by atoms with van der Waals surface area (Å²) in [5.74, 6) is -3.00. The summed E-state index contributed by atoms with van der Waals surface area (Å²) in [7, 11) is 0. The van der Waals surface area contributed by atoms with E-state index in [2.05, 4.69) is 25.3 Å². The van der Waals surface area contributed by atoms with Gasteiger partial charge >= 0.3 is 12.1 Å². The van der Waals surface area contributed by atoms with Gasteiger partial charge in [-0.3, -0.25) is 9.36 Å². The summed E-state index contributed by atoms with van der Waals surface area (Å²) in [6.45, 7) is 4.03. The maximum Gasteiger partial charge on any atom is 0.490 e. The maximum absolute atomic E-state index is 14.2. The first-order chi connectivity index (χ1) is 20.0. The van der Waals surface area contributed by atoms with Crippen molar-refractivity contribution in [2.75, 3.05) is 74.3 Å². The zero-order valence-corrected chi connectivity index (χ0v) is 21.9. The lowest BCUT2D eigenvalue weighted by atomic mass is 10.2. The second kappa shape index (κ2) is 13.2. The molecule has 14 nitrogen and oxygen atoms in total. The van der Waals surface area contributed by atoms with Gasteiger partial charge in [0.05, 0.1) is 44.2 Å². The number of amides is 1. The van der Waals surface area contributed by atoms with Crippen LogP contribution in [-0.4, -0.2) is 107 Å². The van der Waals surface area contributed by atoms with Crippen LogP contribution in [0.4, 0.5) is 39.5 Å². The molecule has 2 fully saturated rings. The van der Waals surface area contributed by atoms with Crippen molar-refractivity contribution in [3.05, 3.63) is 24.0 Å². The van der Waals surface area contributed by atoms with Gasteiger partial charge in [0.25, 0.3) is 6.43 Å². The first kappa shape index (κ1) is 30.7. The zero-order valence-electron chi connectivity index (χ0n) is 21.9. The number of imidazole rings is 1. The minimum absolute atomic E-state index is 0.0167. The number of carboxylic acids is 1. The number of fused-ring (bicyclic) bond motifs is 1. The van der Waals surface area contributed by atoms with Crippen LogP contribution in [0.5, 0.6) is 0 Å². The molecule has 0 radical (unpaired) electrons. The summed E-state index contributed by atoms with van der Waals surface area (Å²) in [4.78, 5) is 42.6. The van der Waals surface area contributed by atoms with Crippen molar-refractivity contribution >= 4 is 40.5 Å². The summed E-state index contributed by atoms with van der Waals surface area (Å²) in [6.07, 6.45) is -8.00. The lowest BCUT2D eigenvalue weighted by Gasteiger charge is -2.30. The van der Waals surface area contributed by atoms with E-state index in [-0.39, 0.29) is 23.7 Å². The van der Waals surface area contributed by atoms with Crippen LogP contribution >= 0.6 is 0 Å². The number of aromatic nitrogens is 5. The Morgan fingerprint density at radius 3 is 1.88 bits per heavy atom. The number of carbonyl (C=O) groups is 2. The normalized spacial score (nSPS) is 15.9. The van der Waals surface area contributed by atoms with E-state index in [0.29, 0.717) is 70.0 Å². The molecule has 1 aromatic carbocycles. The minimum Gasteiger partial charge on any atom is -0.475 e. The third-order valence-electron chi connectivity index (χ3n) is 6.00. The predicted molar refractivity (Wildman–Crippen MR) is 137 cm³/mol. The number of nitrogens with zero attached hydrogens (tertiary/aromatic N) is 7. The van der Waals surface area contributed by atoms with Crippen LogP contribution < -0.4 is 20.9 Å². The van der Waals surface area contributed by atoms with Gasteiger partial charge in [-0.2, -0.15) is 28.1 Å². The van der Waals surface area contributed by atoms with Crippen molar-refractivity contribution in [2.24, 2.45) is 5.73 Å². The van der Waals surface area contributed by atoms with E-state index in [1.807, 2.05) is 9.80 Å². The van der Waals surface area contributed by atoms with Crippen LogP contribution in [0.1, 0.15) is 12.2 Å². The Labute approximate surface area is 234 Å². The molecule has 5 rings (SSSR count). The lowest BCUT2D eigenvalue weighted by molar-refractivity contribution is -0.192. The first-order valence-corrected chi connectivity index (χ1v) is 12.5. The highest BCUT2D eigenvalue weighted by atomic mass is 19.4. The number of anilines is 3. The lowest BCUT2D eigenvalue weighted by Crippen LogP contribution is -2.40. The number of para-hydroxylation sites is 1. The molecule has 0 spiro atoms. The number of benzene rings is 1. The van der Waals surface area contributed by atoms with Gasteiger partial charge < -0.3 is 35.4 Å². The number of morpholine rings is 2. The number of halogens is 5. The quantitative estimate of drug-likeness (QED) is 0.346. The second-order valence-corrected chi connectivity index (χ2v) is 8.77. The Kier molecular flexibility index (Phi) is 9.63. The number of ether oxygens (including phenoxy) is 2. The SMILES string of the molecule is NCC(=O)Nc1cccc2c1nc(C(F)F)n2-c1nc(N2CCOCC2)nc(N2CCOCC2)n1.O=C(O)C(F)(F)F. The van der Waals surface area contributed by atoms with Gasteiger partial charge in [0.15, 0.2) is 5.82 Å². The van der Waals surface area contributed by atoms with Crippen molar-refractivity contribution in [2.45, 2.75) is 12.6 Å². The highest BCUT2D eigenvalue weighted by molar-refractivity contribution is 6.00. The fraction of sp³-hybridized carbons (Fsp3) is 0.478. The fourth-order valence-electron chi connectivity index (χ4n) is 4.03. The van der Waals surface area contributed by atoms with Gasteiger partial charge in [-0.05, 0) is 12.1 Å². The highest BCUT2D eigenvalue weighted by Gasteiger charge is 2.38. The Hall–Kier alpha value is -4.23. The Morgan fingerprint density at radius 1 is 0.929 bits per heavy atom. The van der Waals surface area contributed by atoms with E-state index in [1.165, 1.54) is 4.57 Å². The summed E-state index contributed by atoms with van der Waals surface area (Å²) < 4.78 is 72.2. The van der Waals surface area contributed by atoms with Crippen molar-refractivity contribution in [1.82, 2.24) is 24.5 Å². The van der Waals surface area contributed by atoms with Crippen LogP contribution in [0.3, 0.4) is 0 Å². The van der Waals surface area contributed by atoms with E-state index in [0.717, 1.165) is 0 Å². The monoisotopic (exact) mass is 603 g/mol. The number of nitrogens with one attached hydrogen (secondary N) is 1. The second-order valence-electron chi connectivity index (χ2n) is 8.77. The summed E-state index contributed by atoms with van der Waals surface area (Å²) in [6, 6.07) is 4.84. The molecule has 0 saturated carbocycles. The molecule has 42 heavy (non-hydrogen) atoms. The number of hydrogen-bond acceptors (Lipinski definition) is 11. The van der Waals surface area contributed by atoms with E-state index < -0.39 is 30.3 Å². The van der Waals surface area contributed by atoms with Crippen LogP contribution in [0.25, 0.3) is 17.0 Å². The van der Waals surface area contributed by atoms with Crippen molar-refractivity contribution in [3.63, 3.8) is 0 Å². The zero-order chi connectivity index (χ0) is 30.4. The van der Waals surface area contributed by atoms with Crippen LogP contribution in [0.2, 0.25) is 0 Å². The van der Waals surface area contributed by atoms with Crippen LogP contribution in [0, 0.1) is 0 Å². The fourth-order valence-corrected chi connectivity index (χ4v) is 4.03. The highest BCUT2D eigenvalue weighted by Crippen LogP contribution is 2.31. The summed E-state index contributed by atoms with van der Waals surface area (Å²) in [5, 5.41) is 9.73. The van der Waals surface area contributed by atoms with Gasteiger partial charge in [0.2, 0.25) is 23.8 Å². The molecule has 2 aromatic heterocycles. The molecule has 4 N–H and O–H groups in total. The molecule has 2 saturated heterocycles. The summed E-state index contributed by atoms with van der Waals surface area (Å²) >= 11 is 0. The first-order valence-electron chi connectivity index (χ1n) is 12.5.